The van der Waals surface area contributed by atoms with E-state index >= 15 is 0 Å². The Kier molecular flexibility index (Phi) is 13.9. The van der Waals surface area contributed by atoms with Crippen LogP contribution < -0.4 is 15.3 Å². The summed E-state index contributed by atoms with van der Waals surface area (Å²) in [5.74, 6) is -0.732. The van der Waals surface area contributed by atoms with Crippen LogP contribution in [-0.4, -0.2) is 90.9 Å². The molecule has 12 nitrogen and oxygen atoms in total. The van der Waals surface area contributed by atoms with Gasteiger partial charge in [0, 0.05) is 59.4 Å². The first-order valence-corrected chi connectivity index (χ1v) is 20.7. The largest absolute Gasteiger partial charge is 0.497 e. The molecule has 0 N–H and O–H groups in total. The van der Waals surface area contributed by atoms with Crippen molar-refractivity contribution in [2.24, 2.45) is 0 Å². The average Bonchev–Trinajstić information content (AvgIpc) is 3.51. The number of aromatic nitrogens is 4. The zero-order valence-corrected chi connectivity index (χ0v) is 35.8. The third-order valence-corrected chi connectivity index (χ3v) is 11.7. The van der Waals surface area contributed by atoms with Crippen LogP contribution in [0.4, 0.5) is 20.2 Å². The number of rotatable bonds is 6. The molecule has 3 aliphatic rings. The van der Waals surface area contributed by atoms with Crippen LogP contribution in [0.2, 0.25) is 5.15 Å². The first-order valence-electron chi connectivity index (χ1n) is 20.3. The van der Waals surface area contributed by atoms with Gasteiger partial charge >= 0.3 is 7.12 Å². The van der Waals surface area contributed by atoms with Crippen LogP contribution >= 0.6 is 11.6 Å². The molecule has 0 bridgehead atoms. The Labute approximate surface area is 365 Å². The number of nitriles is 2. The SMILES string of the molecule is CC1(C)OB(c2cc(CC#N)ccc2F)OC1(C)C.Clc1ncnc2cc(N3CCOCC3)ccc12.N#CCc1ccc(F)c(-c2ncnc3cc(N4CCOCC4)ccc23)c1. The van der Waals surface area contributed by atoms with E-state index in [0.29, 0.717) is 35.1 Å². The predicted octanol–water partition coefficient (Wildman–Crippen LogP) is 7.65. The van der Waals surface area contributed by atoms with Gasteiger partial charge < -0.3 is 28.6 Å². The lowest BCUT2D eigenvalue weighted by atomic mass is 9.77. The van der Waals surface area contributed by atoms with Gasteiger partial charge in [-0.05, 0) is 93.4 Å². The summed E-state index contributed by atoms with van der Waals surface area (Å²) in [6.07, 6.45) is 3.43. The molecule has 16 heteroatoms. The topological polar surface area (TPSA) is 143 Å². The van der Waals surface area contributed by atoms with Crippen molar-refractivity contribution in [2.45, 2.75) is 51.7 Å². The summed E-state index contributed by atoms with van der Waals surface area (Å²) in [4.78, 5) is 21.4. The molecule has 0 spiro atoms. The smallest absolute Gasteiger partial charge is 0.399 e. The molecule has 62 heavy (non-hydrogen) atoms. The molecule has 2 aromatic heterocycles. The molecule has 0 unspecified atom stereocenters. The van der Waals surface area contributed by atoms with Crippen LogP contribution in [0.15, 0.2) is 85.5 Å². The Bertz CT molecular complexity index is 2610. The Morgan fingerprint density at radius 1 is 0.645 bits per heavy atom. The van der Waals surface area contributed by atoms with Crippen LogP contribution in [0, 0.1) is 34.3 Å². The molecule has 0 aliphatic carbocycles. The van der Waals surface area contributed by atoms with Crippen molar-refractivity contribution in [3.63, 3.8) is 0 Å². The summed E-state index contributed by atoms with van der Waals surface area (Å²) >= 11 is 6.01. The molecule has 4 aromatic carbocycles. The Hall–Kier alpha value is -5.81. The van der Waals surface area contributed by atoms with E-state index in [2.05, 4.69) is 41.9 Å². The van der Waals surface area contributed by atoms with Crippen molar-refractivity contribution in [2.75, 3.05) is 62.4 Å². The maximum absolute atomic E-state index is 14.4. The van der Waals surface area contributed by atoms with E-state index in [1.54, 1.807) is 24.3 Å². The molecule has 9 rings (SSSR count). The second-order valence-corrected chi connectivity index (χ2v) is 16.3. The van der Waals surface area contributed by atoms with Gasteiger partial charge in [0.1, 0.15) is 29.4 Å². The van der Waals surface area contributed by atoms with Crippen LogP contribution in [0.3, 0.4) is 0 Å². The molecule has 3 aliphatic heterocycles. The molecule has 6 aromatic rings. The van der Waals surface area contributed by atoms with Gasteiger partial charge in [-0.25, -0.2) is 28.7 Å². The standard InChI is InChI=1S/C20H17FN4O.C14H17BFNO2.C12H12ClN3O/c21-18-4-1-14(5-6-22)11-17(18)20-16-3-2-15(12-19(16)23-13-24-20)25-7-9-26-10-8-25;1-13(2)14(3,4)19-15(18-13)11-9-10(7-8-17)5-6-12(11)16;13-12-10-2-1-9(7-11(10)14-8-15-12)16-3-5-17-6-4-16/h1-4,11-13H,5,7-10H2;5-6,9H,7H2,1-4H3;1-2,7-8H,3-6H2. The van der Waals surface area contributed by atoms with Crippen molar-refractivity contribution < 1.29 is 27.6 Å². The Morgan fingerprint density at radius 2 is 1.15 bits per heavy atom. The van der Waals surface area contributed by atoms with Crippen molar-refractivity contribution in [3.05, 3.63) is 113 Å². The van der Waals surface area contributed by atoms with Gasteiger partial charge in [0.15, 0.2) is 0 Å². The number of fused-ring (bicyclic) bond motifs is 2. The highest BCUT2D eigenvalue weighted by atomic mass is 35.5. The second-order valence-electron chi connectivity index (χ2n) is 15.9. The highest BCUT2D eigenvalue weighted by Crippen LogP contribution is 2.37. The lowest BCUT2D eigenvalue weighted by Gasteiger charge is -2.32. The van der Waals surface area contributed by atoms with Crippen LogP contribution in [0.5, 0.6) is 0 Å². The zero-order valence-electron chi connectivity index (χ0n) is 35.1. The minimum Gasteiger partial charge on any atom is -0.399 e. The highest BCUT2D eigenvalue weighted by Gasteiger charge is 2.52. The maximum atomic E-state index is 14.4. The number of morpholine rings is 2. The third kappa shape index (κ3) is 10.1. The molecule has 0 saturated carbocycles. The van der Waals surface area contributed by atoms with Crippen molar-refractivity contribution in [1.29, 1.82) is 10.5 Å². The Morgan fingerprint density at radius 3 is 1.71 bits per heavy atom. The number of nitrogens with zero attached hydrogens (tertiary/aromatic N) is 8. The monoisotopic (exact) mass is 858 g/mol. The van der Waals surface area contributed by atoms with Crippen molar-refractivity contribution in [3.8, 4) is 23.4 Å². The minimum absolute atomic E-state index is 0.234. The summed E-state index contributed by atoms with van der Waals surface area (Å²) in [6.45, 7) is 14.2. The zero-order chi connectivity index (χ0) is 43.9. The van der Waals surface area contributed by atoms with Gasteiger partial charge in [0.25, 0.3) is 0 Å². The fourth-order valence-electron chi connectivity index (χ4n) is 7.21. The van der Waals surface area contributed by atoms with Gasteiger partial charge in [0.2, 0.25) is 0 Å². The van der Waals surface area contributed by atoms with E-state index in [9.17, 15) is 8.78 Å². The third-order valence-electron chi connectivity index (χ3n) is 11.4. The van der Waals surface area contributed by atoms with Crippen molar-refractivity contribution in [1.82, 2.24) is 19.9 Å². The summed E-state index contributed by atoms with van der Waals surface area (Å²) in [5.41, 5.74) is 5.69. The van der Waals surface area contributed by atoms with Gasteiger partial charge in [-0.15, -0.1) is 0 Å². The second kappa shape index (κ2) is 19.5. The fraction of sp³-hybridized carbons (Fsp3) is 0.348. The first kappa shape index (κ1) is 44.3. The summed E-state index contributed by atoms with van der Waals surface area (Å²) < 4.78 is 50.7. The number of anilines is 2. The predicted molar refractivity (Wildman–Crippen MR) is 236 cm³/mol. The lowest BCUT2D eigenvalue weighted by Crippen LogP contribution is -2.41. The molecule has 318 valence electrons. The maximum Gasteiger partial charge on any atom is 0.497 e. The van der Waals surface area contributed by atoms with E-state index < -0.39 is 18.3 Å². The van der Waals surface area contributed by atoms with Gasteiger partial charge in [-0.3, -0.25) is 0 Å². The molecule has 0 atom stereocenters. The van der Waals surface area contributed by atoms with Gasteiger partial charge in [-0.2, -0.15) is 10.5 Å². The van der Waals surface area contributed by atoms with Crippen LogP contribution in [-0.2, 0) is 31.6 Å². The molecular formula is C46H46BClF2N8O4. The van der Waals surface area contributed by atoms with Crippen LogP contribution in [0.25, 0.3) is 33.1 Å². The summed E-state index contributed by atoms with van der Waals surface area (Å²) in [7, 11) is -0.733. The molecule has 5 heterocycles. The van der Waals surface area contributed by atoms with Gasteiger partial charge in [-0.1, -0.05) is 29.8 Å². The normalized spacial score (nSPS) is 16.8. The number of benzene rings is 4. The van der Waals surface area contributed by atoms with Gasteiger partial charge in [0.05, 0.1) is 79.3 Å². The summed E-state index contributed by atoms with van der Waals surface area (Å²) in [6, 6.07) is 25.5. The molecule has 0 radical (unpaired) electrons. The lowest BCUT2D eigenvalue weighted by molar-refractivity contribution is 0.00578. The van der Waals surface area contributed by atoms with E-state index in [1.807, 2.05) is 64.1 Å². The van der Waals surface area contributed by atoms with E-state index in [4.69, 9.17) is 40.9 Å². The fourth-order valence-corrected chi connectivity index (χ4v) is 7.41. The van der Waals surface area contributed by atoms with Crippen LogP contribution in [0.1, 0.15) is 38.8 Å². The van der Waals surface area contributed by atoms with Crippen molar-refractivity contribution >= 4 is 57.4 Å². The van der Waals surface area contributed by atoms with E-state index in [0.717, 1.165) is 83.7 Å². The number of halogens is 3. The number of hydrogen-bond acceptors (Lipinski definition) is 12. The summed E-state index contributed by atoms with van der Waals surface area (Å²) in [5, 5.41) is 19.8. The number of ether oxygens (including phenoxy) is 2. The quantitative estimate of drug-likeness (QED) is 0.120. The Balaban J connectivity index is 0.000000144. The number of hydrogen-bond donors (Lipinski definition) is 0. The van der Waals surface area contributed by atoms with E-state index in [-0.39, 0.29) is 24.5 Å². The first-order chi connectivity index (χ1) is 29.9. The molecule has 0 amide bonds. The average molecular weight is 859 g/mol. The molecule has 3 saturated heterocycles. The van der Waals surface area contributed by atoms with E-state index in [1.165, 1.54) is 24.8 Å². The highest BCUT2D eigenvalue weighted by molar-refractivity contribution is 6.62. The molecular weight excluding hydrogens is 813 g/mol. The minimum atomic E-state index is -0.733. The molecule has 3 fully saturated rings.